The first-order chi connectivity index (χ1) is 8.86. The Bertz CT molecular complexity index is 635. The van der Waals surface area contributed by atoms with E-state index in [0.717, 1.165) is 27.4 Å². The van der Waals surface area contributed by atoms with E-state index in [9.17, 15) is 18.0 Å². The monoisotopic (exact) mass is 332 g/mol. The molecule has 2 heterocycles. The molecule has 7 heteroatoms. The average Bonchev–Trinajstić information content (AvgIpc) is 2.33. The van der Waals surface area contributed by atoms with E-state index in [2.05, 4.69) is 20.9 Å². The van der Waals surface area contributed by atoms with Crippen LogP contribution in [0, 0.1) is 0 Å². The zero-order valence-electron chi connectivity index (χ0n) is 9.49. The Labute approximate surface area is 114 Å². The Hall–Kier alpha value is -1.63. The molecule has 0 aromatic carbocycles. The van der Waals surface area contributed by atoms with E-state index in [0.29, 0.717) is 5.69 Å². The van der Waals surface area contributed by atoms with Gasteiger partial charge in [0.1, 0.15) is 0 Å². The number of halogens is 4. The van der Waals surface area contributed by atoms with Crippen LogP contribution in [-0.2, 0) is 12.7 Å². The van der Waals surface area contributed by atoms with E-state index in [4.69, 9.17) is 0 Å². The third kappa shape index (κ3) is 3.44. The molecule has 0 bridgehead atoms. The van der Waals surface area contributed by atoms with Crippen molar-refractivity contribution in [3.05, 3.63) is 62.7 Å². The van der Waals surface area contributed by atoms with Crippen molar-refractivity contribution < 1.29 is 13.2 Å². The van der Waals surface area contributed by atoms with Gasteiger partial charge in [0.05, 0.1) is 17.8 Å². The van der Waals surface area contributed by atoms with Crippen molar-refractivity contribution in [2.75, 3.05) is 0 Å². The van der Waals surface area contributed by atoms with Crippen LogP contribution in [0.25, 0.3) is 0 Å². The summed E-state index contributed by atoms with van der Waals surface area (Å²) in [7, 11) is 0. The SMILES string of the molecule is O=c1ccc(C(F)(F)F)cn1Cc1ccc(Br)cn1. The fraction of sp³-hybridized carbons (Fsp3) is 0.167. The predicted octanol–water partition coefficient (Wildman–Crippen LogP) is 3.07. The van der Waals surface area contributed by atoms with Gasteiger partial charge in [-0.3, -0.25) is 9.78 Å². The molecule has 0 aliphatic heterocycles. The molecule has 0 N–H and O–H groups in total. The Balaban J connectivity index is 2.34. The number of pyridine rings is 2. The highest BCUT2D eigenvalue weighted by molar-refractivity contribution is 9.10. The zero-order valence-corrected chi connectivity index (χ0v) is 11.1. The molecule has 0 spiro atoms. The van der Waals surface area contributed by atoms with Crippen LogP contribution in [0.4, 0.5) is 13.2 Å². The van der Waals surface area contributed by atoms with Crippen LogP contribution in [0.5, 0.6) is 0 Å². The summed E-state index contributed by atoms with van der Waals surface area (Å²) in [5.41, 5.74) is -0.855. The normalized spacial score (nSPS) is 11.6. The number of hydrogen-bond acceptors (Lipinski definition) is 2. The van der Waals surface area contributed by atoms with Crippen molar-refractivity contribution in [3.8, 4) is 0 Å². The molecule has 0 saturated heterocycles. The number of alkyl halides is 3. The average molecular weight is 333 g/mol. The Morgan fingerprint density at radius 1 is 1.21 bits per heavy atom. The molecule has 0 radical (unpaired) electrons. The second-order valence-corrected chi connectivity index (χ2v) is 4.77. The molecule has 19 heavy (non-hydrogen) atoms. The third-order valence-corrected chi connectivity index (χ3v) is 2.90. The van der Waals surface area contributed by atoms with Crippen LogP contribution in [0.1, 0.15) is 11.3 Å². The summed E-state index contributed by atoms with van der Waals surface area (Å²) >= 11 is 3.20. The van der Waals surface area contributed by atoms with Crippen LogP contribution in [0.15, 0.2) is 45.9 Å². The lowest BCUT2D eigenvalue weighted by molar-refractivity contribution is -0.138. The van der Waals surface area contributed by atoms with Crippen molar-refractivity contribution in [2.24, 2.45) is 0 Å². The highest BCUT2D eigenvalue weighted by Gasteiger charge is 2.31. The van der Waals surface area contributed by atoms with Crippen molar-refractivity contribution in [1.82, 2.24) is 9.55 Å². The molecule has 3 nitrogen and oxygen atoms in total. The van der Waals surface area contributed by atoms with E-state index in [1.165, 1.54) is 6.20 Å². The van der Waals surface area contributed by atoms with Gasteiger partial charge >= 0.3 is 6.18 Å². The Morgan fingerprint density at radius 3 is 2.53 bits per heavy atom. The molecular formula is C12H8BrF3N2O. The van der Waals surface area contributed by atoms with Gasteiger partial charge in [-0.2, -0.15) is 13.2 Å². The van der Waals surface area contributed by atoms with Gasteiger partial charge in [-0.1, -0.05) is 0 Å². The molecule has 2 rings (SSSR count). The Morgan fingerprint density at radius 2 is 1.95 bits per heavy atom. The van der Waals surface area contributed by atoms with Crippen molar-refractivity contribution >= 4 is 15.9 Å². The standard InChI is InChI=1S/C12H8BrF3N2O/c13-9-2-3-10(17-5-9)7-18-6-8(12(14,15)16)1-4-11(18)19/h1-6H,7H2. The Kier molecular flexibility index (Phi) is 3.75. The van der Waals surface area contributed by atoms with Crippen LogP contribution >= 0.6 is 15.9 Å². The minimum Gasteiger partial charge on any atom is -0.309 e. The van der Waals surface area contributed by atoms with Crippen LogP contribution < -0.4 is 5.56 Å². The summed E-state index contributed by atoms with van der Waals surface area (Å²) in [5, 5.41) is 0. The van der Waals surface area contributed by atoms with Gasteiger partial charge in [0.2, 0.25) is 0 Å². The quantitative estimate of drug-likeness (QED) is 0.847. The van der Waals surface area contributed by atoms with Gasteiger partial charge in [-0.15, -0.1) is 0 Å². The summed E-state index contributed by atoms with van der Waals surface area (Å²) in [6.07, 6.45) is -2.15. The van der Waals surface area contributed by atoms with E-state index in [1.807, 2.05) is 0 Å². The molecule has 0 fully saturated rings. The summed E-state index contributed by atoms with van der Waals surface area (Å²) in [6, 6.07) is 5.02. The fourth-order valence-corrected chi connectivity index (χ4v) is 1.73. The summed E-state index contributed by atoms with van der Waals surface area (Å²) < 4.78 is 39.4. The van der Waals surface area contributed by atoms with E-state index in [1.54, 1.807) is 12.1 Å². The smallest absolute Gasteiger partial charge is 0.309 e. The van der Waals surface area contributed by atoms with Crippen molar-refractivity contribution in [1.29, 1.82) is 0 Å². The van der Waals surface area contributed by atoms with Crippen molar-refractivity contribution in [3.63, 3.8) is 0 Å². The highest BCUT2D eigenvalue weighted by atomic mass is 79.9. The lowest BCUT2D eigenvalue weighted by Gasteiger charge is -2.10. The molecule has 0 saturated carbocycles. The summed E-state index contributed by atoms with van der Waals surface area (Å²) in [6.45, 7) is -0.00394. The third-order valence-electron chi connectivity index (χ3n) is 2.43. The van der Waals surface area contributed by atoms with Gasteiger partial charge in [0.25, 0.3) is 5.56 Å². The van der Waals surface area contributed by atoms with Gasteiger partial charge < -0.3 is 4.57 Å². The molecule has 0 unspecified atom stereocenters. The fourth-order valence-electron chi connectivity index (χ4n) is 1.50. The molecule has 0 atom stereocenters. The first-order valence-corrected chi connectivity index (χ1v) is 6.04. The second-order valence-electron chi connectivity index (χ2n) is 3.85. The first-order valence-electron chi connectivity index (χ1n) is 5.24. The number of rotatable bonds is 2. The molecule has 0 aliphatic rings. The largest absolute Gasteiger partial charge is 0.417 e. The molecule has 0 amide bonds. The van der Waals surface area contributed by atoms with Gasteiger partial charge in [-0.05, 0) is 34.1 Å². The van der Waals surface area contributed by atoms with Gasteiger partial charge in [-0.25, -0.2) is 0 Å². The summed E-state index contributed by atoms with van der Waals surface area (Å²) in [4.78, 5) is 15.5. The van der Waals surface area contributed by atoms with Gasteiger partial charge in [0, 0.05) is 22.9 Å². The molecular weight excluding hydrogens is 325 g/mol. The number of nitrogens with zero attached hydrogens (tertiary/aromatic N) is 2. The van der Waals surface area contributed by atoms with Crippen LogP contribution in [0.3, 0.4) is 0 Å². The van der Waals surface area contributed by atoms with Crippen LogP contribution in [-0.4, -0.2) is 9.55 Å². The molecule has 2 aromatic heterocycles. The minimum atomic E-state index is -4.47. The highest BCUT2D eigenvalue weighted by Crippen LogP contribution is 2.28. The maximum atomic E-state index is 12.6. The maximum absolute atomic E-state index is 12.6. The number of hydrogen-bond donors (Lipinski definition) is 0. The summed E-state index contributed by atoms with van der Waals surface area (Å²) in [5.74, 6) is 0. The number of aromatic nitrogens is 2. The topological polar surface area (TPSA) is 34.9 Å². The molecule has 2 aromatic rings. The predicted molar refractivity (Wildman–Crippen MR) is 66.7 cm³/mol. The molecule has 0 aliphatic carbocycles. The van der Waals surface area contributed by atoms with E-state index < -0.39 is 17.3 Å². The zero-order chi connectivity index (χ0) is 14.0. The minimum absolute atomic E-state index is 0.00394. The molecule has 100 valence electrons. The maximum Gasteiger partial charge on any atom is 0.417 e. The lowest BCUT2D eigenvalue weighted by Crippen LogP contribution is -2.22. The van der Waals surface area contributed by atoms with E-state index in [-0.39, 0.29) is 6.54 Å². The first kappa shape index (κ1) is 13.8. The van der Waals surface area contributed by atoms with Crippen molar-refractivity contribution in [2.45, 2.75) is 12.7 Å². The van der Waals surface area contributed by atoms with Gasteiger partial charge in [0.15, 0.2) is 0 Å². The van der Waals surface area contributed by atoms with E-state index >= 15 is 0 Å². The lowest BCUT2D eigenvalue weighted by atomic mass is 10.2. The second kappa shape index (κ2) is 5.16. The van der Waals surface area contributed by atoms with Crippen LogP contribution in [0.2, 0.25) is 0 Å².